The van der Waals surface area contributed by atoms with Gasteiger partial charge in [-0.3, -0.25) is 9.69 Å². The molecule has 3 atom stereocenters. The number of hydrogen-bond acceptors (Lipinski definition) is 2. The maximum atomic E-state index is 11.6. The first kappa shape index (κ1) is 9.59. The van der Waals surface area contributed by atoms with Gasteiger partial charge in [-0.15, -0.1) is 0 Å². The van der Waals surface area contributed by atoms with E-state index in [1.807, 2.05) is 0 Å². The third-order valence-electron chi connectivity index (χ3n) is 4.21. The minimum absolute atomic E-state index is 0.503. The van der Waals surface area contributed by atoms with Crippen molar-refractivity contribution < 1.29 is 4.79 Å². The fraction of sp³-hybridized carbons (Fsp3) is 0.769. The monoisotopic (exact) mass is 205 g/mol. The van der Waals surface area contributed by atoms with E-state index < -0.39 is 0 Å². The van der Waals surface area contributed by atoms with Crippen LogP contribution in [0.1, 0.15) is 44.9 Å². The van der Waals surface area contributed by atoms with Crippen LogP contribution in [-0.2, 0) is 4.79 Å². The Morgan fingerprint density at radius 2 is 1.87 bits per heavy atom. The molecule has 2 aliphatic heterocycles. The van der Waals surface area contributed by atoms with E-state index in [4.69, 9.17) is 0 Å². The molecule has 15 heavy (non-hydrogen) atoms. The molecule has 0 saturated carbocycles. The van der Waals surface area contributed by atoms with E-state index in [1.165, 1.54) is 32.1 Å². The second kappa shape index (κ2) is 3.75. The van der Waals surface area contributed by atoms with E-state index in [0.717, 1.165) is 12.8 Å². The van der Waals surface area contributed by atoms with Gasteiger partial charge in [0.25, 0.3) is 0 Å². The summed E-state index contributed by atoms with van der Waals surface area (Å²) in [5.74, 6) is 0.503. The highest BCUT2D eigenvalue weighted by Crippen LogP contribution is 2.36. The second-order valence-corrected chi connectivity index (χ2v) is 5.21. The quantitative estimate of drug-likeness (QED) is 0.612. The van der Waals surface area contributed by atoms with Gasteiger partial charge in [-0.2, -0.15) is 0 Å². The Bertz CT molecular complexity index is 281. The third kappa shape index (κ3) is 1.65. The van der Waals surface area contributed by atoms with Crippen molar-refractivity contribution in [3.05, 3.63) is 12.2 Å². The Morgan fingerprint density at radius 3 is 2.47 bits per heavy atom. The third-order valence-corrected chi connectivity index (χ3v) is 4.21. The van der Waals surface area contributed by atoms with Gasteiger partial charge in [0.05, 0.1) is 0 Å². The minimum Gasteiger partial charge on any atom is -0.300 e. The van der Waals surface area contributed by atoms with E-state index in [1.54, 1.807) is 0 Å². The molecule has 0 N–H and O–H groups in total. The molecule has 0 radical (unpaired) electrons. The van der Waals surface area contributed by atoms with E-state index >= 15 is 0 Å². The average Bonchev–Trinajstić information content (AvgIpc) is 2.68. The van der Waals surface area contributed by atoms with E-state index in [2.05, 4.69) is 17.1 Å². The molecule has 3 unspecified atom stereocenters. The molecule has 2 heterocycles. The lowest BCUT2D eigenvalue weighted by atomic mass is 9.82. The van der Waals surface area contributed by atoms with Crippen LogP contribution in [0.4, 0.5) is 0 Å². The molecule has 0 aromatic carbocycles. The van der Waals surface area contributed by atoms with Crippen molar-refractivity contribution in [2.45, 2.75) is 63.1 Å². The van der Waals surface area contributed by atoms with Gasteiger partial charge in [-0.25, -0.2) is 0 Å². The number of nitrogens with zero attached hydrogens (tertiary/aromatic N) is 1. The van der Waals surface area contributed by atoms with Crippen LogP contribution in [0.25, 0.3) is 0 Å². The van der Waals surface area contributed by atoms with Gasteiger partial charge in [0.1, 0.15) is 5.78 Å². The van der Waals surface area contributed by atoms with Crippen LogP contribution in [0.5, 0.6) is 0 Å². The smallest absolute Gasteiger partial charge is 0.136 e. The Labute approximate surface area is 91.3 Å². The lowest BCUT2D eigenvalue weighted by Gasteiger charge is -2.48. The van der Waals surface area contributed by atoms with Crippen LogP contribution in [0.15, 0.2) is 12.2 Å². The van der Waals surface area contributed by atoms with Crippen molar-refractivity contribution in [1.82, 2.24) is 4.90 Å². The summed E-state index contributed by atoms with van der Waals surface area (Å²) >= 11 is 0. The number of carbonyl (C=O) groups excluding carboxylic acids is 1. The predicted octanol–water partition coefficient (Wildman–Crippen LogP) is 2.29. The number of rotatable bonds is 1. The molecule has 0 aromatic rings. The molecule has 2 bridgehead atoms. The number of ketones is 1. The number of Topliss-reactive ketones (excluding diaryl/α,β-unsaturated/α-hetero) is 1. The molecular formula is C13H19NO. The number of piperidine rings is 2. The van der Waals surface area contributed by atoms with Crippen LogP contribution in [0.2, 0.25) is 0 Å². The van der Waals surface area contributed by atoms with Crippen LogP contribution in [0.3, 0.4) is 0 Å². The zero-order chi connectivity index (χ0) is 10.3. The molecule has 0 amide bonds. The van der Waals surface area contributed by atoms with E-state index in [-0.39, 0.29) is 0 Å². The average molecular weight is 205 g/mol. The van der Waals surface area contributed by atoms with Crippen molar-refractivity contribution in [2.75, 3.05) is 0 Å². The first-order valence-electron chi connectivity index (χ1n) is 6.30. The Morgan fingerprint density at radius 1 is 1.13 bits per heavy atom. The lowest BCUT2D eigenvalue weighted by Crippen LogP contribution is -2.55. The van der Waals surface area contributed by atoms with Gasteiger partial charge < -0.3 is 0 Å². The highest BCUT2D eigenvalue weighted by Gasteiger charge is 2.40. The molecule has 2 heteroatoms. The molecule has 82 valence electrons. The number of carbonyl (C=O) groups is 1. The number of hydrogen-bond donors (Lipinski definition) is 0. The summed E-state index contributed by atoms with van der Waals surface area (Å²) in [6, 6.07) is 1.78. The zero-order valence-corrected chi connectivity index (χ0v) is 9.19. The largest absolute Gasteiger partial charge is 0.300 e. The molecule has 2 fully saturated rings. The van der Waals surface area contributed by atoms with Crippen LogP contribution >= 0.6 is 0 Å². The molecule has 3 rings (SSSR count). The summed E-state index contributed by atoms with van der Waals surface area (Å²) in [7, 11) is 0. The summed E-state index contributed by atoms with van der Waals surface area (Å²) in [6.07, 6.45) is 12.6. The number of fused-ring (bicyclic) bond motifs is 2. The van der Waals surface area contributed by atoms with Crippen LogP contribution in [0, 0.1) is 0 Å². The summed E-state index contributed by atoms with van der Waals surface area (Å²) in [5.41, 5.74) is 0. The SMILES string of the molecule is O=C1CC2CCCC(C1)N2C1C=CCC1. The summed E-state index contributed by atoms with van der Waals surface area (Å²) in [6.45, 7) is 0. The maximum Gasteiger partial charge on any atom is 0.136 e. The van der Waals surface area contributed by atoms with Crippen LogP contribution < -0.4 is 0 Å². The highest BCUT2D eigenvalue weighted by atomic mass is 16.1. The molecular weight excluding hydrogens is 186 g/mol. The summed E-state index contributed by atoms with van der Waals surface area (Å²) in [5, 5.41) is 0. The van der Waals surface area contributed by atoms with Crippen molar-refractivity contribution in [3.63, 3.8) is 0 Å². The van der Waals surface area contributed by atoms with Gasteiger partial charge in [0.2, 0.25) is 0 Å². The lowest BCUT2D eigenvalue weighted by molar-refractivity contribution is -0.128. The first-order valence-corrected chi connectivity index (χ1v) is 6.30. The molecule has 0 spiro atoms. The predicted molar refractivity (Wildman–Crippen MR) is 59.7 cm³/mol. The van der Waals surface area contributed by atoms with Crippen molar-refractivity contribution in [2.24, 2.45) is 0 Å². The number of allylic oxidation sites excluding steroid dienone is 1. The molecule has 1 aliphatic carbocycles. The van der Waals surface area contributed by atoms with E-state index in [0.29, 0.717) is 23.9 Å². The second-order valence-electron chi connectivity index (χ2n) is 5.21. The van der Waals surface area contributed by atoms with Gasteiger partial charge in [0, 0.05) is 31.0 Å². The topological polar surface area (TPSA) is 20.3 Å². The van der Waals surface area contributed by atoms with Gasteiger partial charge in [-0.1, -0.05) is 18.6 Å². The molecule has 2 nitrogen and oxygen atoms in total. The first-order chi connectivity index (χ1) is 7.34. The van der Waals surface area contributed by atoms with Crippen molar-refractivity contribution >= 4 is 5.78 Å². The molecule has 3 aliphatic rings. The van der Waals surface area contributed by atoms with Gasteiger partial charge in [-0.05, 0) is 25.7 Å². The minimum atomic E-state index is 0.503. The molecule has 2 saturated heterocycles. The maximum absolute atomic E-state index is 11.6. The fourth-order valence-electron chi connectivity index (χ4n) is 3.62. The van der Waals surface area contributed by atoms with Crippen molar-refractivity contribution in [1.29, 1.82) is 0 Å². The van der Waals surface area contributed by atoms with Gasteiger partial charge in [0.15, 0.2) is 0 Å². The van der Waals surface area contributed by atoms with Crippen molar-refractivity contribution in [3.8, 4) is 0 Å². The standard InChI is InChI=1S/C13H19NO/c15-13-8-11-6-3-7-12(9-13)14(11)10-4-1-2-5-10/h1,4,10-12H,2-3,5-9H2. The normalized spacial score (nSPS) is 41.1. The van der Waals surface area contributed by atoms with Gasteiger partial charge >= 0.3 is 0 Å². The highest BCUT2D eigenvalue weighted by molar-refractivity contribution is 5.80. The molecule has 0 aromatic heterocycles. The zero-order valence-electron chi connectivity index (χ0n) is 9.19. The Balaban J connectivity index is 1.81. The fourth-order valence-corrected chi connectivity index (χ4v) is 3.62. The summed E-state index contributed by atoms with van der Waals surface area (Å²) < 4.78 is 0. The Hall–Kier alpha value is -0.630. The Kier molecular flexibility index (Phi) is 2.39. The summed E-state index contributed by atoms with van der Waals surface area (Å²) in [4.78, 5) is 14.3. The van der Waals surface area contributed by atoms with Crippen LogP contribution in [-0.4, -0.2) is 28.8 Å². The van der Waals surface area contributed by atoms with E-state index in [9.17, 15) is 4.79 Å².